The van der Waals surface area contributed by atoms with Gasteiger partial charge < -0.3 is 9.45 Å². The summed E-state index contributed by atoms with van der Waals surface area (Å²) in [6.45, 7) is 1.76. The third-order valence-electron chi connectivity index (χ3n) is 3.35. The summed E-state index contributed by atoms with van der Waals surface area (Å²) in [5.74, 6) is -0.103. The molecule has 2 aliphatic rings. The highest BCUT2D eigenvalue weighted by molar-refractivity contribution is 7.80. The van der Waals surface area contributed by atoms with Gasteiger partial charge >= 0.3 is 0 Å². The number of likely N-dealkylation sites (N-methyl/N-ethyl adjacent to an activating group) is 1. The van der Waals surface area contributed by atoms with Crippen LogP contribution >= 0.6 is 0 Å². The molecule has 0 amide bonds. The quantitative estimate of drug-likeness (QED) is 0.701. The summed E-state index contributed by atoms with van der Waals surface area (Å²) >= 11 is -2.14. The van der Waals surface area contributed by atoms with Crippen molar-refractivity contribution < 1.29 is 8.76 Å². The molecule has 0 aromatic carbocycles. The maximum absolute atomic E-state index is 11.5. The third-order valence-corrected chi connectivity index (χ3v) is 4.46. The van der Waals surface area contributed by atoms with Crippen molar-refractivity contribution in [1.29, 1.82) is 0 Å². The van der Waals surface area contributed by atoms with Gasteiger partial charge in [-0.3, -0.25) is 4.21 Å². The Bertz CT molecular complexity index is 474. The van der Waals surface area contributed by atoms with Gasteiger partial charge in [0.25, 0.3) is 0 Å². The molecule has 0 saturated carbocycles. The van der Waals surface area contributed by atoms with Gasteiger partial charge in [-0.1, -0.05) is 30.4 Å². The van der Waals surface area contributed by atoms with Gasteiger partial charge in [-0.2, -0.15) is 0 Å². The van der Waals surface area contributed by atoms with Crippen molar-refractivity contribution in [3.63, 3.8) is 0 Å². The van der Waals surface area contributed by atoms with Crippen LogP contribution in [0.3, 0.4) is 0 Å². The molecule has 0 saturated heterocycles. The van der Waals surface area contributed by atoms with Crippen molar-refractivity contribution >= 4 is 11.1 Å². The molecule has 17 heavy (non-hydrogen) atoms. The predicted octanol–water partition coefficient (Wildman–Crippen LogP) is 1.75. The summed E-state index contributed by atoms with van der Waals surface area (Å²) in [5.41, 5.74) is 2.13. The number of hydrogen-bond acceptors (Lipinski definition) is 3. The van der Waals surface area contributed by atoms with E-state index in [4.69, 9.17) is 0 Å². The number of allylic oxidation sites excluding steroid dienone is 6. The van der Waals surface area contributed by atoms with E-state index in [9.17, 15) is 8.76 Å². The van der Waals surface area contributed by atoms with Crippen LogP contribution in [0.2, 0.25) is 0 Å². The Hall–Kier alpha value is -1.13. The lowest BCUT2D eigenvalue weighted by molar-refractivity contribution is 0.458. The van der Waals surface area contributed by atoms with E-state index in [1.807, 2.05) is 49.4 Å². The van der Waals surface area contributed by atoms with E-state index in [1.54, 1.807) is 13.0 Å². The molecule has 92 valence electrons. The second-order valence-electron chi connectivity index (χ2n) is 4.71. The molecule has 0 radical (unpaired) electrons. The topological polar surface area (TPSA) is 43.4 Å². The molecule has 0 bridgehead atoms. The van der Waals surface area contributed by atoms with Crippen LogP contribution in [0.15, 0.2) is 47.7 Å². The van der Waals surface area contributed by atoms with Crippen LogP contribution in [-0.2, 0) is 11.1 Å². The SMILES string of the molecule is CN(C)C1=CC=CC2C1=CC=CC2(C)S(=O)[O-]. The lowest BCUT2D eigenvalue weighted by Crippen LogP contribution is -2.40. The number of rotatable bonds is 2. The van der Waals surface area contributed by atoms with E-state index in [-0.39, 0.29) is 5.92 Å². The van der Waals surface area contributed by atoms with Crippen molar-refractivity contribution in [2.75, 3.05) is 14.1 Å². The van der Waals surface area contributed by atoms with Crippen LogP contribution in [0.4, 0.5) is 0 Å². The first-order valence-corrected chi connectivity index (χ1v) is 6.59. The standard InChI is InChI=1S/C13H17NO2S/c1-13(17(15)16)9-5-6-10-11(13)7-4-8-12(10)14(2)3/h4-9,11H,1-3H3,(H,15,16)/p-1. The van der Waals surface area contributed by atoms with Gasteiger partial charge in [0.15, 0.2) is 0 Å². The molecule has 4 heteroatoms. The van der Waals surface area contributed by atoms with E-state index < -0.39 is 15.8 Å². The highest BCUT2D eigenvalue weighted by Crippen LogP contribution is 2.40. The van der Waals surface area contributed by atoms with E-state index in [2.05, 4.69) is 0 Å². The maximum Gasteiger partial charge on any atom is 0.0585 e. The zero-order chi connectivity index (χ0) is 12.6. The summed E-state index contributed by atoms with van der Waals surface area (Å²) in [4.78, 5) is 2.01. The van der Waals surface area contributed by atoms with Crippen LogP contribution in [0, 0.1) is 5.92 Å². The second-order valence-corrected chi connectivity index (χ2v) is 6.06. The largest absolute Gasteiger partial charge is 0.772 e. The van der Waals surface area contributed by atoms with Crippen molar-refractivity contribution in [3.05, 3.63) is 47.7 Å². The Morgan fingerprint density at radius 1 is 1.35 bits per heavy atom. The summed E-state index contributed by atoms with van der Waals surface area (Å²) < 4.78 is 22.1. The number of hydrogen-bond donors (Lipinski definition) is 0. The zero-order valence-corrected chi connectivity index (χ0v) is 11.0. The molecule has 0 spiro atoms. The fraction of sp³-hybridized carbons (Fsp3) is 0.385. The molecule has 0 aromatic rings. The molecule has 0 heterocycles. The van der Waals surface area contributed by atoms with Crippen LogP contribution in [-0.4, -0.2) is 32.5 Å². The Kier molecular flexibility index (Phi) is 3.10. The van der Waals surface area contributed by atoms with E-state index in [0.29, 0.717) is 0 Å². The monoisotopic (exact) mass is 250 g/mol. The van der Waals surface area contributed by atoms with Gasteiger partial charge in [-0.05, 0) is 29.7 Å². The molecule has 3 unspecified atom stereocenters. The van der Waals surface area contributed by atoms with Crippen molar-refractivity contribution in [1.82, 2.24) is 4.90 Å². The first kappa shape index (κ1) is 12.3. The van der Waals surface area contributed by atoms with Gasteiger partial charge in [-0.15, -0.1) is 0 Å². The average Bonchev–Trinajstić information content (AvgIpc) is 2.28. The van der Waals surface area contributed by atoms with Gasteiger partial charge in [0.05, 0.1) is 4.75 Å². The molecule has 2 aliphatic carbocycles. The molecule has 3 atom stereocenters. The van der Waals surface area contributed by atoms with Crippen LogP contribution in [0.25, 0.3) is 0 Å². The minimum absolute atomic E-state index is 0.103. The summed E-state index contributed by atoms with van der Waals surface area (Å²) in [6, 6.07) is 0. The predicted molar refractivity (Wildman–Crippen MR) is 68.9 cm³/mol. The van der Waals surface area contributed by atoms with Crippen LogP contribution in [0.1, 0.15) is 6.92 Å². The first-order valence-electron chi connectivity index (χ1n) is 5.52. The Morgan fingerprint density at radius 3 is 2.65 bits per heavy atom. The zero-order valence-electron chi connectivity index (χ0n) is 10.2. The molecule has 0 fully saturated rings. The lowest BCUT2D eigenvalue weighted by Gasteiger charge is -2.41. The fourth-order valence-corrected chi connectivity index (χ4v) is 2.92. The summed E-state index contributed by atoms with van der Waals surface area (Å²) in [5, 5.41) is 0. The smallest absolute Gasteiger partial charge is 0.0585 e. The number of fused-ring (bicyclic) bond motifs is 1. The Labute approximate surface area is 104 Å². The van der Waals surface area contributed by atoms with Crippen molar-refractivity contribution in [3.8, 4) is 0 Å². The normalized spacial score (nSPS) is 32.6. The summed E-state index contributed by atoms with van der Waals surface area (Å²) in [7, 11) is 3.93. The van der Waals surface area contributed by atoms with E-state index in [1.165, 1.54) is 0 Å². The average molecular weight is 250 g/mol. The molecule has 2 rings (SSSR count). The Balaban J connectivity index is 2.47. The molecular formula is C13H16NO2S-. The molecule has 0 aliphatic heterocycles. The van der Waals surface area contributed by atoms with Crippen molar-refractivity contribution in [2.45, 2.75) is 11.7 Å². The minimum Gasteiger partial charge on any atom is -0.772 e. The van der Waals surface area contributed by atoms with Crippen LogP contribution < -0.4 is 0 Å². The highest BCUT2D eigenvalue weighted by Gasteiger charge is 2.38. The molecule has 3 nitrogen and oxygen atoms in total. The van der Waals surface area contributed by atoms with Gasteiger partial charge in [0.2, 0.25) is 0 Å². The van der Waals surface area contributed by atoms with Gasteiger partial charge in [0, 0.05) is 25.7 Å². The van der Waals surface area contributed by atoms with Crippen molar-refractivity contribution in [2.24, 2.45) is 5.92 Å². The molecule has 0 N–H and O–H groups in total. The molecule has 0 aromatic heterocycles. The van der Waals surface area contributed by atoms with Gasteiger partial charge in [-0.25, -0.2) is 0 Å². The van der Waals surface area contributed by atoms with E-state index >= 15 is 0 Å². The van der Waals surface area contributed by atoms with Gasteiger partial charge in [0.1, 0.15) is 0 Å². The fourth-order valence-electron chi connectivity index (χ4n) is 2.32. The first-order chi connectivity index (χ1) is 7.97. The maximum atomic E-state index is 11.5. The second kappa shape index (κ2) is 4.27. The highest BCUT2D eigenvalue weighted by atomic mass is 32.2. The number of nitrogens with zero attached hydrogens (tertiary/aromatic N) is 1. The third kappa shape index (κ3) is 1.91. The van der Waals surface area contributed by atoms with E-state index in [0.717, 1.165) is 11.3 Å². The lowest BCUT2D eigenvalue weighted by atomic mass is 9.78. The minimum atomic E-state index is -2.14. The summed E-state index contributed by atoms with van der Waals surface area (Å²) in [6.07, 6.45) is 11.5. The Morgan fingerprint density at radius 2 is 2.06 bits per heavy atom. The van der Waals surface area contributed by atoms with Crippen LogP contribution in [0.5, 0.6) is 0 Å². The molecular weight excluding hydrogens is 234 g/mol.